The Morgan fingerprint density at radius 1 is 1.06 bits per heavy atom. The number of amides is 2. The van der Waals surface area contributed by atoms with Crippen LogP contribution in [0, 0.1) is 17.8 Å². The second kappa shape index (κ2) is 7.14. The van der Waals surface area contributed by atoms with Gasteiger partial charge in [-0.15, -0.1) is 0 Å². The number of carboxylic acids is 1. The summed E-state index contributed by atoms with van der Waals surface area (Å²) in [6.07, 6.45) is 0. The van der Waals surface area contributed by atoms with Gasteiger partial charge in [-0.3, -0.25) is 4.79 Å². The number of hydrogen-bond acceptors (Lipinski definition) is 2. The van der Waals surface area contributed by atoms with Crippen molar-refractivity contribution in [2.75, 3.05) is 6.54 Å². The largest absolute Gasteiger partial charge is 0.480 e. The Morgan fingerprint density at radius 2 is 1.53 bits per heavy atom. The third-order valence-electron chi connectivity index (χ3n) is 2.93. The first-order valence-corrected chi connectivity index (χ1v) is 6.02. The molecule has 0 rings (SSSR count). The van der Waals surface area contributed by atoms with Gasteiger partial charge in [0, 0.05) is 6.54 Å². The number of hydrogen-bond donors (Lipinski definition) is 3. The van der Waals surface area contributed by atoms with Crippen LogP contribution in [0.4, 0.5) is 4.79 Å². The van der Waals surface area contributed by atoms with E-state index >= 15 is 0 Å². The van der Waals surface area contributed by atoms with Crippen molar-refractivity contribution >= 4 is 12.0 Å². The maximum absolute atomic E-state index is 11.4. The van der Waals surface area contributed by atoms with Gasteiger partial charge >= 0.3 is 12.0 Å². The lowest BCUT2D eigenvalue weighted by Crippen LogP contribution is -2.46. The van der Waals surface area contributed by atoms with Crippen molar-refractivity contribution < 1.29 is 14.7 Å². The lowest BCUT2D eigenvalue weighted by molar-refractivity contribution is -0.138. The normalized spacial score (nSPS) is 12.9. The van der Waals surface area contributed by atoms with Crippen LogP contribution in [0.1, 0.15) is 34.6 Å². The van der Waals surface area contributed by atoms with Crippen LogP contribution in [-0.2, 0) is 4.79 Å². The Morgan fingerprint density at radius 3 is 1.88 bits per heavy atom. The van der Waals surface area contributed by atoms with Gasteiger partial charge in [-0.2, -0.15) is 0 Å². The standard InChI is InChI=1S/C12H24N2O3/c1-7(2)10(8(3)4)6-13-12(17)14-9(5)11(15)16/h7-10H,6H2,1-5H3,(H,15,16)(H2,13,14,17). The summed E-state index contributed by atoms with van der Waals surface area (Å²) in [5.41, 5.74) is 0. The zero-order valence-electron chi connectivity index (χ0n) is 11.3. The number of aliphatic carboxylic acids is 1. The number of nitrogens with one attached hydrogen (secondary N) is 2. The van der Waals surface area contributed by atoms with Gasteiger partial charge in [-0.25, -0.2) is 4.79 Å². The van der Waals surface area contributed by atoms with Crippen LogP contribution in [0.5, 0.6) is 0 Å². The number of carboxylic acid groups (broad SMARTS) is 1. The molecule has 0 aromatic rings. The van der Waals surface area contributed by atoms with E-state index in [0.29, 0.717) is 24.3 Å². The maximum atomic E-state index is 11.4. The molecule has 5 heteroatoms. The number of urea groups is 1. The van der Waals surface area contributed by atoms with Gasteiger partial charge in [0.1, 0.15) is 6.04 Å². The quantitative estimate of drug-likeness (QED) is 0.665. The molecule has 17 heavy (non-hydrogen) atoms. The Kier molecular flexibility index (Phi) is 6.61. The van der Waals surface area contributed by atoms with Crippen LogP contribution in [0.2, 0.25) is 0 Å². The molecule has 0 aromatic heterocycles. The molecule has 1 atom stereocenters. The highest BCUT2D eigenvalue weighted by Crippen LogP contribution is 2.19. The van der Waals surface area contributed by atoms with E-state index in [2.05, 4.69) is 38.3 Å². The van der Waals surface area contributed by atoms with Gasteiger partial charge in [0.2, 0.25) is 0 Å². The van der Waals surface area contributed by atoms with E-state index in [1.165, 1.54) is 6.92 Å². The summed E-state index contributed by atoms with van der Waals surface area (Å²) >= 11 is 0. The van der Waals surface area contributed by atoms with E-state index in [0.717, 1.165) is 0 Å². The summed E-state index contributed by atoms with van der Waals surface area (Å²) in [7, 11) is 0. The van der Waals surface area contributed by atoms with Gasteiger partial charge in [-0.1, -0.05) is 27.7 Å². The van der Waals surface area contributed by atoms with Gasteiger partial charge in [-0.05, 0) is 24.7 Å². The molecular weight excluding hydrogens is 220 g/mol. The highest BCUT2D eigenvalue weighted by molar-refractivity contribution is 5.82. The highest BCUT2D eigenvalue weighted by Gasteiger charge is 2.19. The molecule has 0 aliphatic carbocycles. The molecule has 0 aliphatic rings. The average Bonchev–Trinajstić information content (AvgIpc) is 2.16. The van der Waals surface area contributed by atoms with Crippen LogP contribution in [0.3, 0.4) is 0 Å². The smallest absolute Gasteiger partial charge is 0.325 e. The molecule has 0 aliphatic heterocycles. The molecule has 0 heterocycles. The lowest BCUT2D eigenvalue weighted by Gasteiger charge is -2.25. The Hall–Kier alpha value is -1.26. The monoisotopic (exact) mass is 244 g/mol. The second-order valence-electron chi connectivity index (χ2n) is 5.07. The SMILES string of the molecule is CC(NC(=O)NCC(C(C)C)C(C)C)C(=O)O. The van der Waals surface area contributed by atoms with Gasteiger partial charge < -0.3 is 15.7 Å². The van der Waals surface area contributed by atoms with Crippen molar-refractivity contribution in [2.24, 2.45) is 17.8 Å². The fourth-order valence-electron chi connectivity index (χ4n) is 1.76. The Bertz CT molecular complexity index is 256. The predicted octanol–water partition coefficient (Wildman–Crippen LogP) is 1.69. The van der Waals surface area contributed by atoms with E-state index in [1.807, 2.05) is 0 Å². The van der Waals surface area contributed by atoms with Crippen LogP contribution in [-0.4, -0.2) is 29.7 Å². The minimum absolute atomic E-state index is 0.390. The minimum Gasteiger partial charge on any atom is -0.480 e. The van der Waals surface area contributed by atoms with E-state index < -0.39 is 18.0 Å². The molecule has 0 aromatic carbocycles. The van der Waals surface area contributed by atoms with Crippen molar-refractivity contribution in [1.82, 2.24) is 10.6 Å². The van der Waals surface area contributed by atoms with Crippen molar-refractivity contribution in [3.63, 3.8) is 0 Å². The first-order chi connectivity index (χ1) is 7.75. The van der Waals surface area contributed by atoms with Gasteiger partial charge in [0.25, 0.3) is 0 Å². The molecule has 0 saturated heterocycles. The second-order valence-corrected chi connectivity index (χ2v) is 5.07. The van der Waals surface area contributed by atoms with E-state index in [9.17, 15) is 9.59 Å². The number of carbonyl (C=O) groups excluding carboxylic acids is 1. The Balaban J connectivity index is 4.09. The van der Waals surface area contributed by atoms with Gasteiger partial charge in [0.05, 0.1) is 0 Å². The molecule has 2 amide bonds. The van der Waals surface area contributed by atoms with Crippen molar-refractivity contribution in [1.29, 1.82) is 0 Å². The van der Waals surface area contributed by atoms with Crippen molar-refractivity contribution in [3.8, 4) is 0 Å². The predicted molar refractivity (Wildman–Crippen MR) is 66.8 cm³/mol. The minimum atomic E-state index is -1.04. The highest BCUT2D eigenvalue weighted by atomic mass is 16.4. The third kappa shape index (κ3) is 6.14. The molecule has 0 saturated carbocycles. The molecule has 1 unspecified atom stereocenters. The first-order valence-electron chi connectivity index (χ1n) is 6.02. The zero-order valence-corrected chi connectivity index (χ0v) is 11.3. The third-order valence-corrected chi connectivity index (χ3v) is 2.93. The molecule has 3 N–H and O–H groups in total. The summed E-state index contributed by atoms with van der Waals surface area (Å²) in [5.74, 6) is 0.310. The summed E-state index contributed by atoms with van der Waals surface area (Å²) in [5, 5.41) is 13.7. The molecular formula is C12H24N2O3. The number of rotatable bonds is 6. The summed E-state index contributed by atoms with van der Waals surface area (Å²) in [6, 6.07) is -1.29. The lowest BCUT2D eigenvalue weighted by atomic mass is 9.85. The van der Waals surface area contributed by atoms with Crippen LogP contribution in [0.25, 0.3) is 0 Å². The summed E-state index contributed by atoms with van der Waals surface area (Å²) in [4.78, 5) is 22.0. The van der Waals surface area contributed by atoms with Crippen molar-refractivity contribution in [3.05, 3.63) is 0 Å². The molecule has 0 fully saturated rings. The van der Waals surface area contributed by atoms with Crippen LogP contribution in [0.15, 0.2) is 0 Å². The zero-order chi connectivity index (χ0) is 13.6. The van der Waals surface area contributed by atoms with E-state index in [4.69, 9.17) is 5.11 Å². The van der Waals surface area contributed by atoms with Crippen LogP contribution < -0.4 is 10.6 Å². The molecule has 0 spiro atoms. The molecule has 0 bridgehead atoms. The van der Waals surface area contributed by atoms with Crippen molar-refractivity contribution in [2.45, 2.75) is 40.7 Å². The number of carbonyl (C=O) groups is 2. The van der Waals surface area contributed by atoms with E-state index in [-0.39, 0.29) is 0 Å². The molecule has 0 radical (unpaired) electrons. The van der Waals surface area contributed by atoms with E-state index in [1.54, 1.807) is 0 Å². The molecule has 100 valence electrons. The summed E-state index contributed by atoms with van der Waals surface area (Å²) in [6.45, 7) is 10.5. The fraction of sp³-hybridized carbons (Fsp3) is 0.833. The summed E-state index contributed by atoms with van der Waals surface area (Å²) < 4.78 is 0. The van der Waals surface area contributed by atoms with Crippen LogP contribution >= 0.6 is 0 Å². The average molecular weight is 244 g/mol. The fourth-order valence-corrected chi connectivity index (χ4v) is 1.76. The maximum Gasteiger partial charge on any atom is 0.325 e. The topological polar surface area (TPSA) is 78.4 Å². The molecule has 5 nitrogen and oxygen atoms in total. The first kappa shape index (κ1) is 15.7. The van der Waals surface area contributed by atoms with Gasteiger partial charge in [0.15, 0.2) is 0 Å². The Labute approximate surface area is 103 Å².